The maximum Gasteiger partial charge on any atom is 0.244 e. The summed E-state index contributed by atoms with van der Waals surface area (Å²) >= 11 is 0. The van der Waals surface area contributed by atoms with E-state index < -0.39 is 0 Å². The second kappa shape index (κ2) is 5.30. The van der Waals surface area contributed by atoms with Gasteiger partial charge in [0.25, 0.3) is 0 Å². The van der Waals surface area contributed by atoms with Gasteiger partial charge in [-0.25, -0.2) is 9.67 Å². The molecule has 0 aliphatic heterocycles. The molecule has 0 unspecified atom stereocenters. The van der Waals surface area contributed by atoms with Crippen molar-refractivity contribution in [3.8, 4) is 0 Å². The molecule has 0 saturated heterocycles. The molecule has 0 aliphatic carbocycles. The first-order chi connectivity index (χ1) is 7.13. The van der Waals surface area contributed by atoms with Crippen molar-refractivity contribution >= 4 is 11.9 Å². The molecule has 0 bridgehead atoms. The highest BCUT2D eigenvalue weighted by Crippen LogP contribution is 1.93. The van der Waals surface area contributed by atoms with Crippen molar-refractivity contribution in [2.24, 2.45) is 0 Å². The number of methoxy groups -OCH3 is 1. The summed E-state index contributed by atoms with van der Waals surface area (Å²) in [6.07, 6.45) is 1.43. The molecule has 0 saturated carbocycles. The zero-order chi connectivity index (χ0) is 11.3. The Balaban J connectivity index is 2.41. The normalized spacial score (nSPS) is 10.3. The highest BCUT2D eigenvalue weighted by molar-refractivity contribution is 5.75. The fraction of sp³-hybridized carbons (Fsp3) is 0.625. The van der Waals surface area contributed by atoms with Crippen molar-refractivity contribution in [1.29, 1.82) is 0 Å². The van der Waals surface area contributed by atoms with Gasteiger partial charge in [0.1, 0.15) is 12.9 Å². The number of nitrogen functional groups attached to an aromatic ring is 1. The smallest absolute Gasteiger partial charge is 0.244 e. The third kappa shape index (κ3) is 3.55. The lowest BCUT2D eigenvalue weighted by Crippen LogP contribution is -2.32. The highest BCUT2D eigenvalue weighted by atomic mass is 16.5. The molecule has 2 N–H and O–H groups in total. The third-order valence-corrected chi connectivity index (χ3v) is 1.91. The lowest BCUT2D eigenvalue weighted by molar-refractivity contribution is -0.131. The number of hydrogen-bond donors (Lipinski definition) is 1. The van der Waals surface area contributed by atoms with Crippen molar-refractivity contribution < 1.29 is 9.53 Å². The minimum atomic E-state index is -0.0584. The Kier molecular flexibility index (Phi) is 4.04. The Bertz CT molecular complexity index is 325. The van der Waals surface area contributed by atoms with Crippen molar-refractivity contribution in [2.45, 2.75) is 6.54 Å². The molecule has 0 aromatic carbocycles. The van der Waals surface area contributed by atoms with Crippen LogP contribution in [0, 0.1) is 0 Å². The molecule has 7 heteroatoms. The SMILES string of the molecule is COCCN(C)C(=O)Cn1cnc(N)n1. The van der Waals surface area contributed by atoms with Gasteiger partial charge in [-0.15, -0.1) is 5.10 Å². The molecule has 15 heavy (non-hydrogen) atoms. The van der Waals surface area contributed by atoms with Crippen LogP contribution in [0.3, 0.4) is 0 Å². The molecule has 84 valence electrons. The van der Waals surface area contributed by atoms with Crippen LogP contribution in [0.4, 0.5) is 5.95 Å². The van der Waals surface area contributed by atoms with Crippen LogP contribution in [-0.2, 0) is 16.1 Å². The van der Waals surface area contributed by atoms with E-state index >= 15 is 0 Å². The third-order valence-electron chi connectivity index (χ3n) is 1.91. The van der Waals surface area contributed by atoms with Gasteiger partial charge < -0.3 is 15.4 Å². The Morgan fingerprint density at radius 2 is 2.47 bits per heavy atom. The van der Waals surface area contributed by atoms with E-state index in [1.807, 2.05) is 0 Å². The minimum absolute atomic E-state index is 0.0584. The molecule has 1 rings (SSSR count). The van der Waals surface area contributed by atoms with E-state index in [0.29, 0.717) is 13.2 Å². The molecular formula is C8H15N5O2. The number of ether oxygens (including phenoxy) is 1. The van der Waals surface area contributed by atoms with Gasteiger partial charge in [0.15, 0.2) is 0 Å². The van der Waals surface area contributed by atoms with Crippen LogP contribution in [-0.4, -0.2) is 52.9 Å². The number of aromatic nitrogens is 3. The maximum absolute atomic E-state index is 11.6. The van der Waals surface area contributed by atoms with Gasteiger partial charge in [-0.2, -0.15) is 0 Å². The fourth-order valence-corrected chi connectivity index (χ4v) is 0.997. The Morgan fingerprint density at radius 1 is 1.73 bits per heavy atom. The first-order valence-corrected chi connectivity index (χ1v) is 4.51. The standard InChI is InChI=1S/C8H15N5O2/c1-12(3-4-15-2)7(14)5-13-6-10-8(9)11-13/h6H,3-5H2,1-2H3,(H2,9,11). The van der Waals surface area contributed by atoms with Crippen molar-refractivity contribution in [2.75, 3.05) is 33.0 Å². The highest BCUT2D eigenvalue weighted by Gasteiger charge is 2.09. The second-order valence-electron chi connectivity index (χ2n) is 3.11. The number of nitrogens with two attached hydrogens (primary N) is 1. The average Bonchev–Trinajstić information content (AvgIpc) is 2.60. The number of carbonyl (C=O) groups is 1. The van der Waals surface area contributed by atoms with Crippen LogP contribution < -0.4 is 5.73 Å². The van der Waals surface area contributed by atoms with E-state index in [2.05, 4.69) is 10.1 Å². The van der Waals surface area contributed by atoms with E-state index in [1.54, 1.807) is 19.1 Å². The van der Waals surface area contributed by atoms with Gasteiger partial charge in [0.05, 0.1) is 6.61 Å². The zero-order valence-electron chi connectivity index (χ0n) is 8.88. The molecule has 1 aromatic rings. The molecule has 1 aromatic heterocycles. The van der Waals surface area contributed by atoms with Gasteiger partial charge >= 0.3 is 0 Å². The lowest BCUT2D eigenvalue weighted by Gasteiger charge is -2.15. The lowest BCUT2D eigenvalue weighted by atomic mass is 10.5. The number of carbonyl (C=O) groups excluding carboxylic acids is 1. The summed E-state index contributed by atoms with van der Waals surface area (Å²) in [6.45, 7) is 1.21. The van der Waals surface area contributed by atoms with E-state index in [1.165, 1.54) is 11.0 Å². The van der Waals surface area contributed by atoms with Crippen LogP contribution >= 0.6 is 0 Å². The summed E-state index contributed by atoms with van der Waals surface area (Å²) in [7, 11) is 3.30. The number of likely N-dealkylation sites (N-methyl/N-ethyl adjacent to an activating group) is 1. The number of anilines is 1. The van der Waals surface area contributed by atoms with Gasteiger partial charge in [-0.1, -0.05) is 0 Å². The molecule has 1 amide bonds. The Labute approximate surface area is 87.8 Å². The fourth-order valence-electron chi connectivity index (χ4n) is 0.997. The van der Waals surface area contributed by atoms with Crippen LogP contribution in [0.15, 0.2) is 6.33 Å². The van der Waals surface area contributed by atoms with Crippen LogP contribution in [0.2, 0.25) is 0 Å². The van der Waals surface area contributed by atoms with Gasteiger partial charge in [-0.05, 0) is 0 Å². The first kappa shape index (κ1) is 11.4. The molecule has 0 atom stereocenters. The minimum Gasteiger partial charge on any atom is -0.383 e. The number of amides is 1. The second-order valence-corrected chi connectivity index (χ2v) is 3.11. The van der Waals surface area contributed by atoms with Gasteiger partial charge in [-0.3, -0.25) is 4.79 Å². The van der Waals surface area contributed by atoms with Crippen LogP contribution in [0.1, 0.15) is 0 Å². The van der Waals surface area contributed by atoms with E-state index in [-0.39, 0.29) is 18.4 Å². The topological polar surface area (TPSA) is 86.3 Å². The van der Waals surface area contributed by atoms with Crippen molar-refractivity contribution in [3.05, 3.63) is 6.33 Å². The summed E-state index contributed by atoms with van der Waals surface area (Å²) in [6, 6.07) is 0. The molecule has 1 heterocycles. The average molecular weight is 213 g/mol. The number of hydrogen-bond acceptors (Lipinski definition) is 5. The predicted molar refractivity (Wildman–Crippen MR) is 53.9 cm³/mol. The molecule has 0 aliphatic rings. The molecule has 0 fully saturated rings. The van der Waals surface area contributed by atoms with Gasteiger partial charge in [0, 0.05) is 20.7 Å². The summed E-state index contributed by atoms with van der Waals surface area (Å²) in [5, 5.41) is 3.82. The largest absolute Gasteiger partial charge is 0.383 e. The predicted octanol–water partition coefficient (Wildman–Crippen LogP) is -1.03. The number of rotatable bonds is 5. The van der Waals surface area contributed by atoms with E-state index in [4.69, 9.17) is 10.5 Å². The van der Waals surface area contributed by atoms with Crippen molar-refractivity contribution in [1.82, 2.24) is 19.7 Å². The van der Waals surface area contributed by atoms with Crippen LogP contribution in [0.25, 0.3) is 0 Å². The molecule has 7 nitrogen and oxygen atoms in total. The molecule has 0 spiro atoms. The maximum atomic E-state index is 11.6. The Morgan fingerprint density at radius 3 is 3.00 bits per heavy atom. The number of nitrogens with zero attached hydrogens (tertiary/aromatic N) is 4. The zero-order valence-corrected chi connectivity index (χ0v) is 8.88. The van der Waals surface area contributed by atoms with E-state index in [0.717, 1.165) is 0 Å². The van der Waals surface area contributed by atoms with E-state index in [9.17, 15) is 4.79 Å². The Hall–Kier alpha value is -1.63. The summed E-state index contributed by atoms with van der Waals surface area (Å²) < 4.78 is 6.27. The summed E-state index contributed by atoms with van der Waals surface area (Å²) in [5.74, 6) is 0.110. The molecule has 0 radical (unpaired) electrons. The first-order valence-electron chi connectivity index (χ1n) is 4.51. The summed E-state index contributed by atoms with van der Waals surface area (Å²) in [5.41, 5.74) is 5.32. The van der Waals surface area contributed by atoms with Gasteiger partial charge in [0.2, 0.25) is 11.9 Å². The van der Waals surface area contributed by atoms with Crippen LogP contribution in [0.5, 0.6) is 0 Å². The summed E-state index contributed by atoms with van der Waals surface area (Å²) in [4.78, 5) is 16.9. The van der Waals surface area contributed by atoms with Crippen molar-refractivity contribution in [3.63, 3.8) is 0 Å². The molecular weight excluding hydrogens is 198 g/mol. The monoisotopic (exact) mass is 213 g/mol. The quantitative estimate of drug-likeness (QED) is 0.675.